The number of aliphatic carboxylic acids is 2. The van der Waals surface area contributed by atoms with Gasteiger partial charge in [-0.15, -0.1) is 11.8 Å². The first-order valence-corrected chi connectivity index (χ1v) is 14.8. The zero-order chi connectivity index (χ0) is 30.8. The van der Waals surface area contributed by atoms with Gasteiger partial charge in [0.2, 0.25) is 18.0 Å². The number of esters is 1. The monoisotopic (exact) mass is 603 g/mol. The molecule has 2 aliphatic rings. The number of carboxylic acid groups (broad SMARTS) is 2. The molecule has 0 radical (unpaired) electrons. The molecule has 0 bridgehead atoms. The lowest BCUT2D eigenvalue weighted by Gasteiger charge is -2.24. The number of allylic oxidation sites excluding steroid dienone is 1. The Morgan fingerprint density at radius 1 is 1.07 bits per heavy atom. The molecule has 0 saturated heterocycles. The van der Waals surface area contributed by atoms with Gasteiger partial charge in [0.25, 0.3) is 0 Å². The summed E-state index contributed by atoms with van der Waals surface area (Å²) in [6.07, 6.45) is 2.85. The zero-order valence-corrected chi connectivity index (χ0v) is 24.1. The van der Waals surface area contributed by atoms with Gasteiger partial charge >= 0.3 is 17.9 Å². The molecule has 1 aliphatic heterocycles. The van der Waals surface area contributed by atoms with Crippen molar-refractivity contribution in [2.24, 2.45) is 11.7 Å². The number of nitrogens with two attached hydrogens (primary N) is 1. The molecule has 0 spiro atoms. The molecule has 2 amide bonds. The average molecular weight is 604 g/mol. The maximum Gasteiger partial charge on any atom is 0.353 e. The molecule has 0 fully saturated rings. The van der Waals surface area contributed by atoms with Crippen LogP contribution in [0.1, 0.15) is 51.0 Å². The number of thioether (sulfide) groups is 1. The lowest BCUT2D eigenvalue weighted by molar-refractivity contribution is -0.151. The summed E-state index contributed by atoms with van der Waals surface area (Å²) < 4.78 is 5.78. The molecule has 5 atom stereocenters. The lowest BCUT2D eigenvalue weighted by atomic mass is 9.83. The minimum absolute atomic E-state index is 0.0341. The van der Waals surface area contributed by atoms with Crippen LogP contribution in [0.3, 0.4) is 0 Å². The van der Waals surface area contributed by atoms with Crippen LogP contribution >= 0.6 is 11.8 Å². The first-order chi connectivity index (χ1) is 20.0. The number of hydrogen-bond acceptors (Lipinski definition) is 9. The fraction of sp³-hybridized carbons (Fsp3) is 0.483. The largest absolute Gasteiger partial charge is 0.480 e. The van der Waals surface area contributed by atoms with Crippen molar-refractivity contribution in [3.05, 3.63) is 58.9 Å². The standard InChI is InChI=1S/C29H37N3O9S/c1-2-6-22(24-18-10-9-17(14-19(18)29(40)41-24)13-16-7-4-3-5-8-16)42-15-21(25(34)32-26(35)28(38)39)31-23(33)12-11-20(30)27(36)37/h3-5,7-8,14,19-22,26,35H,2,6,9-13,15,30H2,1H3,(H,31,33)(H,32,34)(H,36,37)(H,38,39). The number of cyclic esters (lactones) is 1. The second-order valence-corrected chi connectivity index (χ2v) is 11.5. The number of aliphatic hydroxyl groups is 1. The normalized spacial score (nSPS) is 19.1. The van der Waals surface area contributed by atoms with Crippen LogP contribution in [-0.4, -0.2) is 74.4 Å². The summed E-state index contributed by atoms with van der Waals surface area (Å²) in [6, 6.07) is 7.45. The number of carbonyl (C=O) groups excluding carboxylic acids is 3. The van der Waals surface area contributed by atoms with E-state index in [1.54, 1.807) is 0 Å². The van der Waals surface area contributed by atoms with E-state index in [0.717, 1.165) is 36.0 Å². The number of aliphatic hydroxyl groups excluding tert-OH is 1. The maximum absolute atomic E-state index is 12.9. The van der Waals surface area contributed by atoms with Gasteiger partial charge in [0, 0.05) is 12.2 Å². The summed E-state index contributed by atoms with van der Waals surface area (Å²) in [5.74, 6) is -4.86. The third kappa shape index (κ3) is 9.16. The Kier molecular flexibility index (Phi) is 12.1. The Hall–Kier alpha value is -3.68. The molecule has 1 aromatic carbocycles. The van der Waals surface area contributed by atoms with Crippen molar-refractivity contribution in [3.63, 3.8) is 0 Å². The van der Waals surface area contributed by atoms with Crippen LogP contribution < -0.4 is 16.4 Å². The molecular weight excluding hydrogens is 566 g/mol. The third-order valence-electron chi connectivity index (χ3n) is 7.02. The number of carbonyl (C=O) groups is 5. The highest BCUT2D eigenvalue weighted by atomic mass is 32.2. The number of benzene rings is 1. The molecule has 1 aliphatic carbocycles. The van der Waals surface area contributed by atoms with E-state index in [9.17, 15) is 29.1 Å². The smallest absolute Gasteiger partial charge is 0.353 e. The molecule has 12 nitrogen and oxygen atoms in total. The van der Waals surface area contributed by atoms with Gasteiger partial charge in [-0.2, -0.15) is 0 Å². The van der Waals surface area contributed by atoms with Crippen molar-refractivity contribution in [2.75, 3.05) is 5.75 Å². The Morgan fingerprint density at radius 2 is 1.79 bits per heavy atom. The molecule has 13 heteroatoms. The number of rotatable bonds is 16. The first-order valence-electron chi connectivity index (χ1n) is 13.8. The summed E-state index contributed by atoms with van der Waals surface area (Å²) >= 11 is 1.27. The lowest BCUT2D eigenvalue weighted by Crippen LogP contribution is -2.53. The van der Waals surface area contributed by atoms with Crippen LogP contribution in [0, 0.1) is 5.92 Å². The van der Waals surface area contributed by atoms with Gasteiger partial charge in [0.1, 0.15) is 23.8 Å². The summed E-state index contributed by atoms with van der Waals surface area (Å²) in [7, 11) is 0. The molecule has 42 heavy (non-hydrogen) atoms. The molecule has 228 valence electrons. The molecule has 0 aromatic heterocycles. The number of nitrogens with one attached hydrogen (secondary N) is 2. The second kappa shape index (κ2) is 15.5. The molecule has 5 unspecified atom stereocenters. The Bertz CT molecular complexity index is 1230. The topological polar surface area (TPSA) is 205 Å². The van der Waals surface area contributed by atoms with Gasteiger partial charge in [-0.3, -0.25) is 19.2 Å². The van der Waals surface area contributed by atoms with Crippen LogP contribution in [0.15, 0.2) is 53.3 Å². The number of amides is 2. The predicted molar refractivity (Wildman–Crippen MR) is 154 cm³/mol. The zero-order valence-electron chi connectivity index (χ0n) is 23.3. The fourth-order valence-corrected chi connectivity index (χ4v) is 6.21. The number of ether oxygens (including phenoxy) is 1. The van der Waals surface area contributed by atoms with Crippen LogP contribution in [0.5, 0.6) is 0 Å². The van der Waals surface area contributed by atoms with Crippen LogP contribution in [0.25, 0.3) is 0 Å². The number of carboxylic acids is 2. The molecule has 1 aromatic rings. The van der Waals surface area contributed by atoms with E-state index in [4.69, 9.17) is 20.7 Å². The second-order valence-electron chi connectivity index (χ2n) is 10.2. The summed E-state index contributed by atoms with van der Waals surface area (Å²) in [6.45, 7) is 1.96. The number of fused-ring (bicyclic) bond motifs is 1. The predicted octanol–water partition coefficient (Wildman–Crippen LogP) is 1.47. The van der Waals surface area contributed by atoms with E-state index < -0.39 is 48.0 Å². The van der Waals surface area contributed by atoms with Gasteiger partial charge in [-0.1, -0.05) is 55.3 Å². The first kappa shape index (κ1) is 32.8. The van der Waals surface area contributed by atoms with Crippen molar-refractivity contribution in [1.82, 2.24) is 10.6 Å². The quantitative estimate of drug-likeness (QED) is 0.0906. The highest BCUT2D eigenvalue weighted by molar-refractivity contribution is 8.00. The van der Waals surface area contributed by atoms with Crippen molar-refractivity contribution in [2.45, 2.75) is 75.4 Å². The van der Waals surface area contributed by atoms with E-state index in [2.05, 4.69) is 5.32 Å². The van der Waals surface area contributed by atoms with E-state index >= 15 is 0 Å². The fourth-order valence-electron chi connectivity index (χ4n) is 4.79. The Labute approximate surface area is 247 Å². The maximum atomic E-state index is 12.9. The highest BCUT2D eigenvalue weighted by Crippen LogP contribution is 2.42. The van der Waals surface area contributed by atoms with Crippen LogP contribution in [0.4, 0.5) is 0 Å². The van der Waals surface area contributed by atoms with E-state index in [1.807, 2.05) is 48.6 Å². The molecule has 1 heterocycles. The summed E-state index contributed by atoms with van der Waals surface area (Å²) in [5.41, 5.74) is 8.67. The SMILES string of the molecule is CCCC(SCC(NC(=O)CCC(N)C(=O)O)C(=O)NC(O)C(=O)O)C1=C2CCC(Cc3ccccc3)=CC2C(=O)O1. The molecule has 7 N–H and O–H groups in total. The van der Waals surface area contributed by atoms with Gasteiger partial charge in [0.15, 0.2) is 0 Å². The molecule has 0 saturated carbocycles. The van der Waals surface area contributed by atoms with Gasteiger partial charge < -0.3 is 36.4 Å². The summed E-state index contributed by atoms with van der Waals surface area (Å²) in [4.78, 5) is 60.2. The highest BCUT2D eigenvalue weighted by Gasteiger charge is 2.40. The van der Waals surface area contributed by atoms with Crippen LogP contribution in [-0.2, 0) is 35.1 Å². The van der Waals surface area contributed by atoms with E-state index in [1.165, 1.54) is 11.8 Å². The van der Waals surface area contributed by atoms with Crippen molar-refractivity contribution in [1.29, 1.82) is 0 Å². The van der Waals surface area contributed by atoms with Gasteiger partial charge in [-0.05, 0) is 43.2 Å². The van der Waals surface area contributed by atoms with E-state index in [0.29, 0.717) is 18.6 Å². The third-order valence-corrected chi connectivity index (χ3v) is 8.40. The van der Waals surface area contributed by atoms with Crippen molar-refractivity contribution in [3.8, 4) is 0 Å². The minimum Gasteiger partial charge on any atom is -0.480 e. The Balaban J connectivity index is 1.74. The van der Waals surface area contributed by atoms with Gasteiger partial charge in [0.05, 0.1) is 5.25 Å². The van der Waals surface area contributed by atoms with Gasteiger partial charge in [-0.25, -0.2) is 4.79 Å². The summed E-state index contributed by atoms with van der Waals surface area (Å²) in [5, 5.41) is 31.6. The Morgan fingerprint density at radius 3 is 2.43 bits per heavy atom. The van der Waals surface area contributed by atoms with Crippen molar-refractivity contribution >= 4 is 41.5 Å². The van der Waals surface area contributed by atoms with Crippen molar-refractivity contribution < 1.29 is 44.0 Å². The minimum atomic E-state index is -2.19. The average Bonchev–Trinajstić information content (AvgIpc) is 3.28. The van der Waals surface area contributed by atoms with E-state index in [-0.39, 0.29) is 29.8 Å². The molecule has 3 rings (SSSR count). The molecular formula is C29H37N3O9S. The number of hydrogen-bond donors (Lipinski definition) is 6. The van der Waals surface area contributed by atoms with Crippen LogP contribution in [0.2, 0.25) is 0 Å².